The van der Waals surface area contributed by atoms with Gasteiger partial charge < -0.3 is 9.64 Å². The predicted molar refractivity (Wildman–Crippen MR) is 116 cm³/mol. The largest absolute Gasteiger partial charge is 0.461 e. The molecule has 30 heavy (non-hydrogen) atoms. The Morgan fingerprint density at radius 1 is 1.00 bits per heavy atom. The number of carbonyl (C=O) groups is 2. The molecule has 0 aromatic heterocycles. The summed E-state index contributed by atoms with van der Waals surface area (Å²) in [4.78, 5) is 24.8. The summed E-state index contributed by atoms with van der Waals surface area (Å²) in [6.07, 6.45) is 0.679. The Hall–Kier alpha value is -3.23. The van der Waals surface area contributed by atoms with Crippen LogP contribution in [0.2, 0.25) is 0 Å². The number of esters is 1. The Balaban J connectivity index is 1.68. The molecule has 7 nitrogen and oxygen atoms in total. The number of nitrogens with one attached hydrogen (secondary N) is 1. The number of carbonyl (C=O) groups excluding carboxylic acids is 2. The van der Waals surface area contributed by atoms with Gasteiger partial charge in [-0.15, -0.1) is 0 Å². The molecule has 8 heteroatoms. The molecule has 0 bridgehead atoms. The molecule has 0 aliphatic carbocycles. The highest BCUT2D eigenvalue weighted by molar-refractivity contribution is 7.89. The zero-order valence-corrected chi connectivity index (χ0v) is 17.5. The lowest BCUT2D eigenvalue weighted by Crippen LogP contribution is -2.28. The molecule has 0 radical (unpaired) electrons. The fourth-order valence-electron chi connectivity index (χ4n) is 3.07. The molecule has 0 spiro atoms. The molecular formula is C22H22N2O5S. The van der Waals surface area contributed by atoms with Crippen molar-refractivity contribution in [2.24, 2.45) is 0 Å². The smallest absolute Gasteiger partial charge is 0.338 e. The lowest BCUT2D eigenvalue weighted by atomic mass is 10.1. The van der Waals surface area contributed by atoms with Crippen molar-refractivity contribution >= 4 is 38.7 Å². The third kappa shape index (κ3) is 4.67. The first-order valence-electron chi connectivity index (χ1n) is 9.24. The van der Waals surface area contributed by atoms with Crippen molar-refractivity contribution in [1.82, 2.24) is 4.72 Å². The fraction of sp³-hybridized carbons (Fsp3) is 0.182. The maximum atomic E-state index is 12.8. The summed E-state index contributed by atoms with van der Waals surface area (Å²) < 4.78 is 33.2. The van der Waals surface area contributed by atoms with Gasteiger partial charge in [0, 0.05) is 42.7 Å². The van der Waals surface area contributed by atoms with Gasteiger partial charge in [0.1, 0.15) is 12.9 Å². The van der Waals surface area contributed by atoms with Crippen molar-refractivity contribution in [3.63, 3.8) is 0 Å². The van der Waals surface area contributed by atoms with E-state index in [4.69, 9.17) is 4.74 Å². The van der Waals surface area contributed by atoms with E-state index in [0.717, 1.165) is 11.1 Å². The van der Waals surface area contributed by atoms with E-state index in [1.54, 1.807) is 18.2 Å². The standard InChI is InChI=1S/C22H22N2O5S/c1-24(2)20-7-3-6-19-18(20)5-4-8-21(19)30(27,28)23-13-14-29-22(26)17-11-9-16(15-25)10-12-17/h3-12,15,23H,13-14H2,1-2H3. The molecule has 3 aromatic carbocycles. The minimum Gasteiger partial charge on any atom is -0.461 e. The van der Waals surface area contributed by atoms with Crippen LogP contribution < -0.4 is 9.62 Å². The van der Waals surface area contributed by atoms with Gasteiger partial charge in [0.15, 0.2) is 0 Å². The zero-order chi connectivity index (χ0) is 21.7. The number of aldehydes is 1. The number of ether oxygens (including phenoxy) is 1. The van der Waals surface area contributed by atoms with Crippen LogP contribution in [0, 0.1) is 0 Å². The van der Waals surface area contributed by atoms with Gasteiger partial charge in [0.2, 0.25) is 10.0 Å². The maximum Gasteiger partial charge on any atom is 0.338 e. The van der Waals surface area contributed by atoms with Crippen LogP contribution in [0.5, 0.6) is 0 Å². The summed E-state index contributed by atoms with van der Waals surface area (Å²) in [6.45, 7) is -0.189. The molecule has 156 valence electrons. The molecule has 0 aliphatic heterocycles. The highest BCUT2D eigenvalue weighted by Crippen LogP contribution is 2.30. The summed E-state index contributed by atoms with van der Waals surface area (Å²) in [5, 5.41) is 1.44. The molecule has 0 aliphatic rings. The first-order valence-corrected chi connectivity index (χ1v) is 10.7. The Kier molecular flexibility index (Phi) is 6.49. The van der Waals surface area contributed by atoms with Crippen molar-refractivity contribution < 1.29 is 22.7 Å². The van der Waals surface area contributed by atoms with Crippen LogP contribution >= 0.6 is 0 Å². The van der Waals surface area contributed by atoms with Gasteiger partial charge in [-0.25, -0.2) is 17.9 Å². The van der Waals surface area contributed by atoms with Gasteiger partial charge in [-0.1, -0.05) is 36.4 Å². The number of rotatable bonds is 8. The number of hydrogen-bond donors (Lipinski definition) is 1. The zero-order valence-electron chi connectivity index (χ0n) is 16.7. The average Bonchev–Trinajstić information content (AvgIpc) is 2.75. The number of hydrogen-bond acceptors (Lipinski definition) is 6. The van der Waals surface area contributed by atoms with Crippen molar-refractivity contribution in [3.8, 4) is 0 Å². The predicted octanol–water partition coefficient (Wildman–Crippen LogP) is 2.85. The minimum atomic E-state index is -3.80. The molecule has 1 N–H and O–H groups in total. The number of sulfonamides is 1. The SMILES string of the molecule is CN(C)c1cccc2c(S(=O)(=O)NCCOC(=O)c3ccc(C=O)cc3)cccc12. The van der Waals surface area contributed by atoms with Crippen LogP contribution in [-0.2, 0) is 14.8 Å². The second-order valence-electron chi connectivity index (χ2n) is 6.80. The van der Waals surface area contributed by atoms with Crippen molar-refractivity contribution in [3.05, 3.63) is 71.8 Å². The van der Waals surface area contributed by atoms with Gasteiger partial charge in [-0.2, -0.15) is 0 Å². The molecule has 0 heterocycles. The van der Waals surface area contributed by atoms with E-state index in [1.807, 2.05) is 37.2 Å². The van der Waals surface area contributed by atoms with E-state index >= 15 is 0 Å². The van der Waals surface area contributed by atoms with Crippen LogP contribution in [-0.4, -0.2) is 47.9 Å². The lowest BCUT2D eigenvalue weighted by Gasteiger charge is -2.17. The summed E-state index contributed by atoms with van der Waals surface area (Å²) in [5.41, 5.74) is 1.65. The number of benzene rings is 3. The topological polar surface area (TPSA) is 92.8 Å². The molecule has 0 amide bonds. The monoisotopic (exact) mass is 426 g/mol. The van der Waals surface area contributed by atoms with E-state index in [2.05, 4.69) is 4.72 Å². The Morgan fingerprint density at radius 2 is 1.67 bits per heavy atom. The van der Waals surface area contributed by atoms with E-state index in [0.29, 0.717) is 17.2 Å². The number of nitrogens with zero attached hydrogens (tertiary/aromatic N) is 1. The second kappa shape index (κ2) is 9.06. The van der Waals surface area contributed by atoms with Crippen LogP contribution in [0.3, 0.4) is 0 Å². The summed E-state index contributed by atoms with van der Waals surface area (Å²) in [5.74, 6) is -0.590. The van der Waals surface area contributed by atoms with Gasteiger partial charge in [0.05, 0.1) is 10.5 Å². The second-order valence-corrected chi connectivity index (χ2v) is 8.53. The van der Waals surface area contributed by atoms with Crippen molar-refractivity contribution in [2.45, 2.75) is 4.90 Å². The highest BCUT2D eigenvalue weighted by Gasteiger charge is 2.18. The van der Waals surface area contributed by atoms with Crippen LogP contribution in [0.1, 0.15) is 20.7 Å². The lowest BCUT2D eigenvalue weighted by molar-refractivity contribution is 0.0513. The average molecular weight is 426 g/mol. The quantitative estimate of drug-likeness (QED) is 0.338. The molecule has 0 atom stereocenters. The molecule has 0 saturated carbocycles. The fourth-order valence-corrected chi connectivity index (χ4v) is 4.30. The van der Waals surface area contributed by atoms with Gasteiger partial charge in [-0.3, -0.25) is 4.79 Å². The molecule has 3 rings (SSSR count). The minimum absolute atomic E-state index is 0.0652. The molecule has 0 fully saturated rings. The third-order valence-electron chi connectivity index (χ3n) is 4.54. The summed E-state index contributed by atoms with van der Waals surface area (Å²) >= 11 is 0. The Labute approximate surface area is 175 Å². The third-order valence-corrected chi connectivity index (χ3v) is 6.06. The Morgan fingerprint density at radius 3 is 2.33 bits per heavy atom. The van der Waals surface area contributed by atoms with Crippen LogP contribution in [0.15, 0.2) is 65.6 Å². The van der Waals surface area contributed by atoms with Gasteiger partial charge >= 0.3 is 5.97 Å². The molecule has 0 saturated heterocycles. The summed E-state index contributed by atoms with van der Waals surface area (Å²) in [7, 11) is -0.00388. The molecule has 3 aromatic rings. The van der Waals surface area contributed by atoms with E-state index in [9.17, 15) is 18.0 Å². The number of fused-ring (bicyclic) bond motifs is 1. The van der Waals surface area contributed by atoms with Crippen LogP contribution in [0.25, 0.3) is 10.8 Å². The maximum absolute atomic E-state index is 12.8. The van der Waals surface area contributed by atoms with Gasteiger partial charge in [0.25, 0.3) is 0 Å². The van der Waals surface area contributed by atoms with E-state index < -0.39 is 16.0 Å². The van der Waals surface area contributed by atoms with Crippen LogP contribution in [0.4, 0.5) is 5.69 Å². The Bertz CT molecular complexity index is 1170. The highest BCUT2D eigenvalue weighted by atomic mass is 32.2. The first-order chi connectivity index (χ1) is 14.3. The summed E-state index contributed by atoms with van der Waals surface area (Å²) in [6, 6.07) is 16.6. The number of anilines is 1. The normalized spacial score (nSPS) is 11.3. The molecular weight excluding hydrogens is 404 g/mol. The molecule has 0 unspecified atom stereocenters. The van der Waals surface area contributed by atoms with Crippen molar-refractivity contribution in [1.29, 1.82) is 0 Å². The van der Waals surface area contributed by atoms with E-state index in [1.165, 1.54) is 24.3 Å². The van der Waals surface area contributed by atoms with Gasteiger partial charge in [-0.05, 0) is 24.3 Å². The van der Waals surface area contributed by atoms with E-state index in [-0.39, 0.29) is 23.6 Å². The first kappa shape index (κ1) is 21.5. The van der Waals surface area contributed by atoms with Crippen molar-refractivity contribution in [2.75, 3.05) is 32.1 Å².